The molecule has 0 saturated heterocycles. The molecule has 2 atom stereocenters. The fraction of sp³-hybridized carbons (Fsp3) is 0.314. The molecule has 6 rings (SSSR count). The van der Waals surface area contributed by atoms with Crippen molar-refractivity contribution in [3.63, 3.8) is 0 Å². The summed E-state index contributed by atoms with van der Waals surface area (Å²) < 4.78 is 95.0. The normalized spacial score (nSPS) is 12.1. The first-order valence-electron chi connectivity index (χ1n) is 22.8. The molecule has 412 valence electrons. The Kier molecular flexibility index (Phi) is 20.6. The number of fused-ring (bicyclic) bond motifs is 2. The standard InChI is InChI=1S/C28H29ClF2N2O8S.C23H21ClF2N2O6S/c1-13(2)21(33-27(37)41-28(3,4)5)25(35)39-12-40-26(36)23-15(20-16(29)7-6-8-19(20)42-23)11-38-22-17(30)9-14(24(32)34)10-18(22)31;1-10(2)18(27)22(30)33-9-34-23(31)20-12(17-13(24)4-3-5-16(17)35-20)8-32-19-14(25)6-11(21(28)29)7-15(19)26/h6-10,13,21H,11-12H2,1-5H3,(H2,32,34)(H,33,37);3-7,10,18H,8-9,27H2,1-2H3,(H2,28,29)/t21-;18-/m00/s1. The van der Waals surface area contributed by atoms with E-state index in [4.69, 9.17) is 73.6 Å². The van der Waals surface area contributed by atoms with Crippen LogP contribution in [0.4, 0.5) is 22.4 Å². The maximum atomic E-state index is 14.5. The molecule has 0 aliphatic carbocycles. The zero-order chi connectivity index (χ0) is 57.2. The minimum Gasteiger partial charge on any atom is -0.483 e. The third-order valence-electron chi connectivity index (χ3n) is 10.6. The molecule has 2 aromatic heterocycles. The summed E-state index contributed by atoms with van der Waals surface area (Å²) >= 11 is 14.7. The Morgan fingerprint density at radius 1 is 0.610 bits per heavy atom. The number of carbonyl (C=O) groups is 7. The third kappa shape index (κ3) is 15.7. The predicted octanol–water partition coefficient (Wildman–Crippen LogP) is 9.87. The molecule has 26 heteroatoms. The number of rotatable bonds is 19. The van der Waals surface area contributed by atoms with E-state index in [1.165, 1.54) is 0 Å². The summed E-state index contributed by atoms with van der Waals surface area (Å²) in [6, 6.07) is 10.8. The van der Waals surface area contributed by atoms with Crippen LogP contribution in [0.5, 0.6) is 11.5 Å². The van der Waals surface area contributed by atoms with Crippen molar-refractivity contribution in [2.45, 2.75) is 79.4 Å². The lowest BCUT2D eigenvalue weighted by Crippen LogP contribution is -2.47. The summed E-state index contributed by atoms with van der Waals surface area (Å²) in [5, 5.41) is 3.77. The molecule has 7 N–H and O–H groups in total. The fourth-order valence-corrected chi connectivity index (χ4v) is 9.66. The first-order valence-corrected chi connectivity index (χ1v) is 25.1. The summed E-state index contributed by atoms with van der Waals surface area (Å²) in [6.45, 7) is 9.38. The number of hydrogen-bond acceptors (Lipinski definition) is 17. The fourth-order valence-electron chi connectivity index (χ4n) is 6.71. The Morgan fingerprint density at radius 2 is 1.00 bits per heavy atom. The SMILES string of the molecule is CC(C)[C@H](N)C(=O)OCOC(=O)c1sc2cccc(Cl)c2c1COc1c(F)cc(C(N)=O)cc1F.CC(C)[C@H](NC(=O)OC(C)(C)C)C(=O)OCOC(=O)c1sc2cccc(Cl)c2c1COc1c(F)cc(C(N)=O)cc1F. The monoisotopic (exact) mass is 1150 g/mol. The molecule has 0 saturated carbocycles. The van der Waals surface area contributed by atoms with Gasteiger partial charge in [-0.25, -0.2) is 36.7 Å². The minimum atomic E-state index is -1.18. The first-order chi connectivity index (χ1) is 36.1. The van der Waals surface area contributed by atoms with Gasteiger partial charge in [-0.2, -0.15) is 0 Å². The molecule has 0 radical (unpaired) electrons. The van der Waals surface area contributed by atoms with Crippen molar-refractivity contribution in [2.75, 3.05) is 13.6 Å². The van der Waals surface area contributed by atoms with Crippen LogP contribution in [-0.2, 0) is 46.5 Å². The summed E-state index contributed by atoms with van der Waals surface area (Å²) in [6.07, 6.45) is -0.820. The van der Waals surface area contributed by atoms with Crippen molar-refractivity contribution in [2.24, 2.45) is 29.0 Å². The predicted molar refractivity (Wildman–Crippen MR) is 276 cm³/mol. The van der Waals surface area contributed by atoms with Crippen molar-refractivity contribution in [1.82, 2.24) is 5.32 Å². The lowest BCUT2D eigenvalue weighted by Gasteiger charge is -2.24. The Bertz CT molecular complexity index is 3190. The maximum absolute atomic E-state index is 14.5. The van der Waals surface area contributed by atoms with Gasteiger partial charge in [0.1, 0.15) is 40.7 Å². The lowest BCUT2D eigenvalue weighted by molar-refractivity contribution is -0.156. The third-order valence-corrected chi connectivity index (χ3v) is 13.5. The van der Waals surface area contributed by atoms with Gasteiger partial charge in [-0.3, -0.25) is 14.4 Å². The van der Waals surface area contributed by atoms with Gasteiger partial charge in [-0.15, -0.1) is 22.7 Å². The van der Waals surface area contributed by atoms with E-state index in [0.717, 1.165) is 46.9 Å². The van der Waals surface area contributed by atoms with Crippen LogP contribution in [0.15, 0.2) is 60.7 Å². The Labute approximate surface area is 454 Å². The molecule has 6 aromatic rings. The van der Waals surface area contributed by atoms with E-state index in [0.29, 0.717) is 20.2 Å². The van der Waals surface area contributed by atoms with Crippen LogP contribution in [0.25, 0.3) is 20.2 Å². The molecule has 18 nitrogen and oxygen atoms in total. The Balaban J connectivity index is 0.000000289. The topological polar surface area (TPSA) is 274 Å². The van der Waals surface area contributed by atoms with E-state index < -0.39 is 121 Å². The number of benzene rings is 4. The van der Waals surface area contributed by atoms with E-state index in [2.05, 4.69) is 5.32 Å². The van der Waals surface area contributed by atoms with Crippen molar-refractivity contribution >= 4 is 108 Å². The lowest BCUT2D eigenvalue weighted by atomic mass is 10.1. The average molecular weight is 1150 g/mol. The molecule has 0 aliphatic heterocycles. The highest BCUT2D eigenvalue weighted by Gasteiger charge is 2.30. The van der Waals surface area contributed by atoms with E-state index in [1.807, 2.05) is 0 Å². The van der Waals surface area contributed by atoms with Crippen LogP contribution in [0.1, 0.15) is 99.7 Å². The smallest absolute Gasteiger partial charge is 0.408 e. The van der Waals surface area contributed by atoms with Crippen LogP contribution >= 0.6 is 45.9 Å². The molecule has 0 bridgehead atoms. The highest BCUT2D eigenvalue weighted by molar-refractivity contribution is 7.21. The number of esters is 4. The molecule has 0 spiro atoms. The van der Waals surface area contributed by atoms with Gasteiger partial charge in [0.25, 0.3) is 0 Å². The molecule has 4 aromatic carbocycles. The van der Waals surface area contributed by atoms with Crippen LogP contribution in [0.2, 0.25) is 10.0 Å². The van der Waals surface area contributed by atoms with Gasteiger partial charge in [-0.1, -0.05) is 63.0 Å². The molecule has 3 amide bonds. The molecule has 0 unspecified atom stereocenters. The van der Waals surface area contributed by atoms with Crippen molar-refractivity contribution < 1.29 is 84.3 Å². The van der Waals surface area contributed by atoms with Crippen LogP contribution in [0.3, 0.4) is 0 Å². The van der Waals surface area contributed by atoms with Gasteiger partial charge in [0.15, 0.2) is 34.8 Å². The molecular formula is C51H50Cl2F4N4O14S2. The second-order valence-electron chi connectivity index (χ2n) is 18.1. The highest BCUT2D eigenvalue weighted by atomic mass is 35.5. The largest absolute Gasteiger partial charge is 0.483 e. The molecule has 0 fully saturated rings. The minimum absolute atomic E-state index is 0.0176. The summed E-state index contributed by atoms with van der Waals surface area (Å²) in [4.78, 5) is 84.9. The van der Waals surface area contributed by atoms with Gasteiger partial charge in [-0.05, 0) is 81.1 Å². The molecule has 77 heavy (non-hydrogen) atoms. The Morgan fingerprint density at radius 3 is 1.35 bits per heavy atom. The number of ether oxygens (including phenoxy) is 7. The zero-order valence-electron chi connectivity index (χ0n) is 41.9. The van der Waals surface area contributed by atoms with Crippen molar-refractivity contribution in [3.8, 4) is 11.5 Å². The van der Waals surface area contributed by atoms with Crippen LogP contribution < -0.4 is 32.0 Å². The number of nitrogens with one attached hydrogen (secondary N) is 1. The van der Waals surface area contributed by atoms with E-state index in [1.54, 1.807) is 84.9 Å². The van der Waals surface area contributed by atoms with E-state index in [-0.39, 0.29) is 53.9 Å². The van der Waals surface area contributed by atoms with Crippen molar-refractivity contribution in [1.29, 1.82) is 0 Å². The maximum Gasteiger partial charge on any atom is 0.408 e. The quantitative estimate of drug-likeness (QED) is 0.0254. The van der Waals surface area contributed by atoms with Gasteiger partial charge in [0, 0.05) is 52.5 Å². The average Bonchev–Trinajstić information content (AvgIpc) is 3.91. The second kappa shape index (κ2) is 26.2. The van der Waals surface area contributed by atoms with E-state index >= 15 is 0 Å². The van der Waals surface area contributed by atoms with Gasteiger partial charge < -0.3 is 55.7 Å². The van der Waals surface area contributed by atoms with Gasteiger partial charge in [0.2, 0.25) is 25.4 Å². The second-order valence-corrected chi connectivity index (χ2v) is 21.0. The van der Waals surface area contributed by atoms with E-state index in [9.17, 15) is 51.1 Å². The van der Waals surface area contributed by atoms with Gasteiger partial charge in [0.05, 0.1) is 0 Å². The highest BCUT2D eigenvalue weighted by Crippen LogP contribution is 2.39. The molecular weight excluding hydrogens is 1100 g/mol. The van der Waals surface area contributed by atoms with Crippen molar-refractivity contribution in [3.05, 3.63) is 126 Å². The molecule has 0 aliphatic rings. The summed E-state index contributed by atoms with van der Waals surface area (Å²) in [7, 11) is 0. The Hall–Kier alpha value is -7.25. The van der Waals surface area contributed by atoms with Crippen LogP contribution in [-0.4, -0.2) is 73.1 Å². The van der Waals surface area contributed by atoms with Gasteiger partial charge >= 0.3 is 30.0 Å². The number of hydrogen-bond donors (Lipinski definition) is 4. The number of alkyl carbamates (subject to hydrolysis) is 1. The zero-order valence-corrected chi connectivity index (χ0v) is 45.1. The first kappa shape index (κ1) is 60.6. The van der Waals surface area contributed by atoms with Crippen LogP contribution in [0, 0.1) is 35.1 Å². The number of carbonyl (C=O) groups excluding carboxylic acids is 7. The number of primary amides is 2. The summed E-state index contributed by atoms with van der Waals surface area (Å²) in [5.41, 5.74) is 14.7. The summed E-state index contributed by atoms with van der Waals surface area (Å²) in [5.74, 6) is -12.2. The number of thiophene rings is 2. The number of amides is 3. The number of halogens is 6. The number of nitrogens with two attached hydrogens (primary N) is 3. The molecule has 2 heterocycles.